The fourth-order valence-electron chi connectivity index (χ4n) is 2.74. The number of rotatable bonds is 3. The Hall–Kier alpha value is -2.21. The fraction of sp³-hybridized carbons (Fsp3) is 0.353. The number of nitrogens with zero attached hydrogens (tertiary/aromatic N) is 3. The van der Waals surface area contributed by atoms with Crippen LogP contribution in [0.25, 0.3) is 0 Å². The predicted octanol–water partition coefficient (Wildman–Crippen LogP) is 3.17. The number of amides is 2. The van der Waals surface area contributed by atoms with Crippen molar-refractivity contribution in [1.82, 2.24) is 4.90 Å². The molecule has 5 nitrogen and oxygen atoms in total. The summed E-state index contributed by atoms with van der Waals surface area (Å²) in [7, 11) is 3.95. The van der Waals surface area contributed by atoms with Gasteiger partial charge in [0.2, 0.25) is 0 Å². The van der Waals surface area contributed by atoms with Crippen LogP contribution < -0.4 is 15.1 Å². The van der Waals surface area contributed by atoms with Gasteiger partial charge >= 0.3 is 6.03 Å². The van der Waals surface area contributed by atoms with Crippen molar-refractivity contribution in [3.05, 3.63) is 41.8 Å². The first-order valence-electron chi connectivity index (χ1n) is 7.76. The second-order valence-electron chi connectivity index (χ2n) is 5.77. The van der Waals surface area contributed by atoms with Crippen molar-refractivity contribution in [2.75, 3.05) is 55.4 Å². The van der Waals surface area contributed by atoms with E-state index in [0.29, 0.717) is 0 Å². The molecular formula is C17H22N4OS. The lowest BCUT2D eigenvalue weighted by molar-refractivity contribution is 0.208. The number of para-hydroxylation sites is 2. The van der Waals surface area contributed by atoms with Crippen LogP contribution in [0.2, 0.25) is 0 Å². The molecule has 0 radical (unpaired) electrons. The zero-order valence-corrected chi connectivity index (χ0v) is 14.3. The van der Waals surface area contributed by atoms with Crippen LogP contribution in [0.4, 0.5) is 21.2 Å². The van der Waals surface area contributed by atoms with Crippen molar-refractivity contribution in [3.63, 3.8) is 0 Å². The first-order valence-corrected chi connectivity index (χ1v) is 8.64. The van der Waals surface area contributed by atoms with E-state index in [1.807, 2.05) is 48.2 Å². The molecule has 2 aromatic rings. The largest absolute Gasteiger partial charge is 0.376 e. The van der Waals surface area contributed by atoms with Crippen molar-refractivity contribution in [2.24, 2.45) is 0 Å². The molecule has 0 aliphatic carbocycles. The summed E-state index contributed by atoms with van der Waals surface area (Å²) in [5.41, 5.74) is 1.86. The zero-order valence-electron chi connectivity index (χ0n) is 13.5. The topological polar surface area (TPSA) is 38.8 Å². The Kier molecular flexibility index (Phi) is 4.71. The van der Waals surface area contributed by atoms with Gasteiger partial charge in [0.15, 0.2) is 0 Å². The number of carbonyl (C=O) groups is 1. The normalized spacial score (nSPS) is 14.7. The Labute approximate surface area is 141 Å². The Morgan fingerprint density at radius 2 is 1.83 bits per heavy atom. The number of nitrogens with one attached hydrogen (secondary N) is 1. The lowest BCUT2D eigenvalue weighted by atomic mass is 10.2. The molecule has 1 saturated heterocycles. The molecule has 6 heteroatoms. The summed E-state index contributed by atoms with van der Waals surface area (Å²) in [5, 5.41) is 6.41. The molecule has 0 saturated carbocycles. The van der Waals surface area contributed by atoms with Crippen LogP contribution in [0.5, 0.6) is 0 Å². The Morgan fingerprint density at radius 3 is 2.48 bits per heavy atom. The molecule has 1 aliphatic heterocycles. The second kappa shape index (κ2) is 6.91. The molecule has 0 bridgehead atoms. The second-order valence-corrected chi connectivity index (χ2v) is 6.69. The number of benzene rings is 1. The van der Waals surface area contributed by atoms with E-state index in [1.165, 1.54) is 5.00 Å². The Morgan fingerprint density at radius 1 is 1.09 bits per heavy atom. The summed E-state index contributed by atoms with van der Waals surface area (Å²) < 4.78 is 0. The van der Waals surface area contributed by atoms with Crippen LogP contribution in [0.1, 0.15) is 0 Å². The molecule has 3 rings (SSSR count). The highest BCUT2D eigenvalue weighted by atomic mass is 32.1. The van der Waals surface area contributed by atoms with Crippen LogP contribution in [-0.2, 0) is 0 Å². The maximum absolute atomic E-state index is 12.5. The molecule has 122 valence electrons. The summed E-state index contributed by atoms with van der Waals surface area (Å²) in [4.78, 5) is 18.7. The molecule has 2 heterocycles. The molecular weight excluding hydrogens is 308 g/mol. The lowest BCUT2D eigenvalue weighted by Gasteiger charge is -2.35. The summed E-state index contributed by atoms with van der Waals surface area (Å²) in [6, 6.07) is 12.0. The molecule has 2 amide bonds. The highest BCUT2D eigenvalue weighted by Crippen LogP contribution is 2.25. The number of carbonyl (C=O) groups excluding carboxylic acids is 1. The zero-order chi connectivity index (χ0) is 16.2. The van der Waals surface area contributed by atoms with Crippen LogP contribution in [0.3, 0.4) is 0 Å². The van der Waals surface area contributed by atoms with E-state index >= 15 is 0 Å². The SMILES string of the molecule is CN(C)c1ccccc1NC(=O)N1CCN(c2cccs2)CC1. The quantitative estimate of drug-likeness (QED) is 0.939. The average Bonchev–Trinajstić information content (AvgIpc) is 3.10. The van der Waals surface area contributed by atoms with Gasteiger partial charge in [-0.2, -0.15) is 0 Å². The minimum atomic E-state index is -0.0230. The molecule has 23 heavy (non-hydrogen) atoms. The Bertz CT molecular complexity index is 648. The monoisotopic (exact) mass is 330 g/mol. The van der Waals surface area contributed by atoms with Crippen molar-refractivity contribution in [1.29, 1.82) is 0 Å². The summed E-state index contributed by atoms with van der Waals surface area (Å²) >= 11 is 1.75. The number of thiophene rings is 1. The highest BCUT2D eigenvalue weighted by molar-refractivity contribution is 7.14. The van der Waals surface area contributed by atoms with Gasteiger partial charge in [0, 0.05) is 40.3 Å². The summed E-state index contributed by atoms with van der Waals surface area (Å²) in [5.74, 6) is 0. The van der Waals surface area contributed by atoms with Gasteiger partial charge < -0.3 is 20.0 Å². The van der Waals surface area contributed by atoms with E-state index in [4.69, 9.17) is 0 Å². The third-order valence-electron chi connectivity index (χ3n) is 4.01. The van der Waals surface area contributed by atoms with Crippen LogP contribution >= 0.6 is 11.3 Å². The average molecular weight is 330 g/mol. The maximum Gasteiger partial charge on any atom is 0.322 e. The van der Waals surface area contributed by atoms with E-state index in [1.54, 1.807) is 11.3 Å². The molecule has 1 N–H and O–H groups in total. The smallest absolute Gasteiger partial charge is 0.322 e. The maximum atomic E-state index is 12.5. The predicted molar refractivity (Wildman–Crippen MR) is 97.9 cm³/mol. The third-order valence-corrected chi connectivity index (χ3v) is 4.94. The van der Waals surface area contributed by atoms with Gasteiger partial charge in [-0.3, -0.25) is 0 Å². The molecule has 1 fully saturated rings. The molecule has 1 aromatic carbocycles. The van der Waals surface area contributed by atoms with Crippen LogP contribution in [0, 0.1) is 0 Å². The van der Waals surface area contributed by atoms with E-state index < -0.39 is 0 Å². The summed E-state index contributed by atoms with van der Waals surface area (Å²) in [6.45, 7) is 3.24. The first-order chi connectivity index (χ1) is 11.1. The number of urea groups is 1. The van der Waals surface area contributed by atoms with Gasteiger partial charge in [0.25, 0.3) is 0 Å². The van der Waals surface area contributed by atoms with Crippen molar-refractivity contribution in [2.45, 2.75) is 0 Å². The van der Waals surface area contributed by atoms with E-state index in [9.17, 15) is 4.79 Å². The molecule has 1 aliphatic rings. The van der Waals surface area contributed by atoms with Crippen molar-refractivity contribution >= 4 is 33.7 Å². The van der Waals surface area contributed by atoms with Gasteiger partial charge in [-0.1, -0.05) is 12.1 Å². The van der Waals surface area contributed by atoms with E-state index in [2.05, 4.69) is 27.7 Å². The Balaban J connectivity index is 1.60. The molecule has 0 unspecified atom stereocenters. The molecule has 0 spiro atoms. The number of piperazine rings is 1. The van der Waals surface area contributed by atoms with Gasteiger partial charge in [-0.25, -0.2) is 4.79 Å². The van der Waals surface area contributed by atoms with E-state index in [0.717, 1.165) is 37.6 Å². The van der Waals surface area contributed by atoms with Crippen molar-refractivity contribution in [3.8, 4) is 0 Å². The number of hydrogen-bond acceptors (Lipinski definition) is 4. The fourth-order valence-corrected chi connectivity index (χ4v) is 3.53. The number of hydrogen-bond donors (Lipinski definition) is 1. The summed E-state index contributed by atoms with van der Waals surface area (Å²) in [6.07, 6.45) is 0. The molecule has 1 aromatic heterocycles. The van der Waals surface area contributed by atoms with Crippen molar-refractivity contribution < 1.29 is 4.79 Å². The standard InChI is InChI=1S/C17H22N4OS/c1-19(2)15-7-4-3-6-14(15)18-17(22)21-11-9-20(10-12-21)16-8-5-13-23-16/h3-8,13H,9-12H2,1-2H3,(H,18,22). The number of anilines is 3. The highest BCUT2D eigenvalue weighted by Gasteiger charge is 2.22. The minimum Gasteiger partial charge on any atom is -0.376 e. The van der Waals surface area contributed by atoms with Gasteiger partial charge in [0.1, 0.15) is 0 Å². The van der Waals surface area contributed by atoms with Gasteiger partial charge in [0.05, 0.1) is 16.4 Å². The minimum absolute atomic E-state index is 0.0230. The van der Waals surface area contributed by atoms with Gasteiger partial charge in [-0.05, 0) is 29.6 Å². The first kappa shape index (κ1) is 15.7. The third kappa shape index (κ3) is 3.59. The van der Waals surface area contributed by atoms with E-state index in [-0.39, 0.29) is 6.03 Å². The van der Waals surface area contributed by atoms with Crippen LogP contribution in [0.15, 0.2) is 41.8 Å². The lowest BCUT2D eigenvalue weighted by Crippen LogP contribution is -2.50. The molecule has 0 atom stereocenters. The van der Waals surface area contributed by atoms with Gasteiger partial charge in [-0.15, -0.1) is 11.3 Å². The van der Waals surface area contributed by atoms with Crippen LogP contribution in [-0.4, -0.2) is 51.2 Å².